The van der Waals surface area contributed by atoms with Crippen LogP contribution in [0, 0.1) is 0 Å². The van der Waals surface area contributed by atoms with Crippen molar-refractivity contribution in [3.63, 3.8) is 0 Å². The third kappa shape index (κ3) is 3.55. The summed E-state index contributed by atoms with van der Waals surface area (Å²) in [5.41, 5.74) is 0.899. The maximum atomic E-state index is 11.8. The number of hydrogen-bond acceptors (Lipinski definition) is 3. The van der Waals surface area contributed by atoms with E-state index in [1.807, 2.05) is 6.07 Å². The molecule has 0 bridgehead atoms. The van der Waals surface area contributed by atoms with E-state index in [9.17, 15) is 9.59 Å². The number of amides is 1. The third-order valence-corrected chi connectivity index (χ3v) is 4.82. The van der Waals surface area contributed by atoms with Crippen LogP contribution < -0.4 is 5.32 Å². The number of hydrogen-bond donors (Lipinski definition) is 2. The summed E-state index contributed by atoms with van der Waals surface area (Å²) in [6.45, 7) is 0. The van der Waals surface area contributed by atoms with Gasteiger partial charge in [-0.15, -0.1) is 11.8 Å². The van der Waals surface area contributed by atoms with Gasteiger partial charge in [0.25, 0.3) is 0 Å². The van der Waals surface area contributed by atoms with E-state index in [0.29, 0.717) is 22.2 Å². The van der Waals surface area contributed by atoms with Crippen LogP contribution in [0.4, 0.5) is 0 Å². The molecule has 4 nitrogen and oxygen atoms in total. The van der Waals surface area contributed by atoms with Gasteiger partial charge in [-0.2, -0.15) is 0 Å². The molecule has 1 saturated heterocycles. The molecule has 0 radical (unpaired) electrons. The molecule has 0 saturated carbocycles. The van der Waals surface area contributed by atoms with Crippen molar-refractivity contribution in [2.75, 3.05) is 5.75 Å². The predicted octanol–water partition coefficient (Wildman–Crippen LogP) is 2.22. The molecule has 0 aliphatic carbocycles. The molecule has 0 aromatic heterocycles. The van der Waals surface area contributed by atoms with Gasteiger partial charge in [-0.05, 0) is 24.1 Å². The second-order valence-electron chi connectivity index (χ2n) is 4.17. The Kier molecular flexibility index (Phi) is 4.60. The second-order valence-corrected chi connectivity index (χ2v) is 6.22. The van der Waals surface area contributed by atoms with E-state index in [1.165, 1.54) is 11.8 Å². The predicted molar refractivity (Wildman–Crippen MR) is 76.0 cm³/mol. The van der Waals surface area contributed by atoms with Gasteiger partial charge in [0, 0.05) is 5.75 Å². The number of carbonyl (C=O) groups excluding carboxylic acids is 1. The van der Waals surface area contributed by atoms with Crippen molar-refractivity contribution in [3.05, 3.63) is 33.8 Å². The highest BCUT2D eigenvalue weighted by molar-refractivity contribution is 8.00. The maximum absolute atomic E-state index is 11.8. The smallest absolute Gasteiger partial charge is 0.327 e. The fourth-order valence-corrected chi connectivity index (χ4v) is 3.26. The highest BCUT2D eigenvalue weighted by Gasteiger charge is 2.32. The molecule has 1 aliphatic rings. The van der Waals surface area contributed by atoms with E-state index < -0.39 is 12.0 Å². The van der Waals surface area contributed by atoms with Crippen molar-refractivity contribution in [1.29, 1.82) is 0 Å². The average molecular weight is 320 g/mol. The minimum absolute atomic E-state index is 0.255. The SMILES string of the molecule is O=C(O)[C@@H]1CS[C@H](Cc2ccc(Cl)c(Cl)c2)C(=O)N1. The zero-order chi connectivity index (χ0) is 14.0. The first-order valence-corrected chi connectivity index (χ1v) is 7.36. The van der Waals surface area contributed by atoms with Crippen molar-refractivity contribution in [2.24, 2.45) is 0 Å². The topological polar surface area (TPSA) is 66.4 Å². The molecule has 19 heavy (non-hydrogen) atoms. The fourth-order valence-electron chi connectivity index (χ4n) is 1.76. The summed E-state index contributed by atoms with van der Waals surface area (Å²) in [5.74, 6) is -0.892. The summed E-state index contributed by atoms with van der Waals surface area (Å²) >= 11 is 13.1. The molecule has 0 unspecified atom stereocenters. The van der Waals surface area contributed by atoms with Crippen molar-refractivity contribution in [3.8, 4) is 0 Å². The number of halogens is 2. The highest BCUT2D eigenvalue weighted by Crippen LogP contribution is 2.26. The van der Waals surface area contributed by atoms with Gasteiger partial charge < -0.3 is 10.4 Å². The Bertz CT molecular complexity index is 524. The van der Waals surface area contributed by atoms with Crippen LogP contribution in [-0.2, 0) is 16.0 Å². The lowest BCUT2D eigenvalue weighted by atomic mass is 10.1. The summed E-state index contributed by atoms with van der Waals surface area (Å²) in [5, 5.41) is 12.0. The van der Waals surface area contributed by atoms with Crippen LogP contribution in [0.2, 0.25) is 10.0 Å². The summed E-state index contributed by atoms with van der Waals surface area (Å²) in [6.07, 6.45) is 0.500. The van der Waals surface area contributed by atoms with Gasteiger partial charge in [0.15, 0.2) is 0 Å². The van der Waals surface area contributed by atoms with Gasteiger partial charge in [-0.1, -0.05) is 29.3 Å². The average Bonchev–Trinajstić information content (AvgIpc) is 2.36. The Balaban J connectivity index is 2.02. The van der Waals surface area contributed by atoms with Crippen molar-refractivity contribution in [2.45, 2.75) is 17.7 Å². The summed E-state index contributed by atoms with van der Waals surface area (Å²) < 4.78 is 0. The van der Waals surface area contributed by atoms with Crippen molar-refractivity contribution < 1.29 is 14.7 Å². The monoisotopic (exact) mass is 319 g/mol. The second kappa shape index (κ2) is 6.03. The first-order chi connectivity index (χ1) is 8.97. The number of carboxylic acid groups (broad SMARTS) is 1. The molecule has 2 rings (SSSR count). The first-order valence-electron chi connectivity index (χ1n) is 5.56. The molecule has 1 heterocycles. The molecular formula is C12H11Cl2NO3S. The standard InChI is InChI=1S/C12H11Cl2NO3S/c13-7-2-1-6(3-8(7)14)4-10-11(16)15-9(5-19-10)12(17)18/h1-3,9-10H,4-5H2,(H,15,16)(H,17,18)/t9-,10+/m0/s1. The Morgan fingerprint density at radius 1 is 1.42 bits per heavy atom. The lowest BCUT2D eigenvalue weighted by molar-refractivity contribution is -0.141. The molecule has 1 aromatic carbocycles. The van der Waals surface area contributed by atoms with E-state index in [0.717, 1.165) is 5.56 Å². The molecule has 2 atom stereocenters. The zero-order valence-electron chi connectivity index (χ0n) is 9.73. The van der Waals surface area contributed by atoms with Crippen molar-refractivity contribution in [1.82, 2.24) is 5.32 Å². The van der Waals surface area contributed by atoms with Crippen LogP contribution >= 0.6 is 35.0 Å². The van der Waals surface area contributed by atoms with E-state index in [-0.39, 0.29) is 11.2 Å². The van der Waals surface area contributed by atoms with Crippen LogP contribution in [0.5, 0.6) is 0 Å². The van der Waals surface area contributed by atoms with Gasteiger partial charge in [0.1, 0.15) is 6.04 Å². The van der Waals surface area contributed by atoms with Gasteiger partial charge in [-0.25, -0.2) is 4.79 Å². The molecule has 7 heteroatoms. The quantitative estimate of drug-likeness (QED) is 0.896. The normalized spacial score (nSPS) is 22.9. The molecular weight excluding hydrogens is 309 g/mol. The van der Waals surface area contributed by atoms with Crippen LogP contribution in [0.1, 0.15) is 5.56 Å². The minimum atomic E-state index is -1.01. The lowest BCUT2D eigenvalue weighted by Crippen LogP contribution is -2.51. The van der Waals surface area contributed by atoms with Gasteiger partial charge in [0.2, 0.25) is 5.91 Å². The molecule has 2 N–H and O–H groups in total. The number of carbonyl (C=O) groups is 2. The Labute approximate surface area is 124 Å². The van der Waals surface area contributed by atoms with Gasteiger partial charge in [-0.3, -0.25) is 4.79 Å². The van der Waals surface area contributed by atoms with E-state index >= 15 is 0 Å². The molecule has 1 aliphatic heterocycles. The summed E-state index contributed by atoms with van der Waals surface area (Å²) in [6, 6.07) is 4.42. The Hall–Kier alpha value is -0.910. The molecule has 1 aromatic rings. The van der Waals surface area contributed by atoms with Crippen LogP contribution in [0.25, 0.3) is 0 Å². The van der Waals surface area contributed by atoms with E-state index in [1.54, 1.807) is 12.1 Å². The van der Waals surface area contributed by atoms with Gasteiger partial charge >= 0.3 is 5.97 Å². The number of nitrogens with one attached hydrogen (secondary N) is 1. The van der Waals surface area contributed by atoms with Crippen molar-refractivity contribution >= 4 is 46.8 Å². The van der Waals surface area contributed by atoms with Gasteiger partial charge in [0.05, 0.1) is 15.3 Å². The molecule has 0 spiro atoms. The highest BCUT2D eigenvalue weighted by atomic mass is 35.5. The maximum Gasteiger partial charge on any atom is 0.327 e. The Morgan fingerprint density at radius 3 is 2.74 bits per heavy atom. The van der Waals surface area contributed by atoms with E-state index in [2.05, 4.69) is 5.32 Å². The first kappa shape index (κ1) is 14.5. The fraction of sp³-hybridized carbons (Fsp3) is 0.333. The Morgan fingerprint density at radius 2 is 2.16 bits per heavy atom. The van der Waals surface area contributed by atoms with Crippen LogP contribution in [-0.4, -0.2) is 34.0 Å². The van der Waals surface area contributed by atoms with E-state index in [4.69, 9.17) is 28.3 Å². The minimum Gasteiger partial charge on any atom is -0.480 e. The number of benzene rings is 1. The third-order valence-electron chi connectivity index (χ3n) is 2.78. The number of thioether (sulfide) groups is 1. The summed E-state index contributed by atoms with van der Waals surface area (Å²) in [4.78, 5) is 22.6. The molecule has 102 valence electrons. The molecule has 1 amide bonds. The number of carboxylic acids is 1. The zero-order valence-corrected chi connectivity index (χ0v) is 12.1. The summed E-state index contributed by atoms with van der Waals surface area (Å²) in [7, 11) is 0. The van der Waals surface area contributed by atoms with Crippen LogP contribution in [0.15, 0.2) is 18.2 Å². The molecule has 1 fully saturated rings. The number of aliphatic carboxylic acids is 1. The van der Waals surface area contributed by atoms with Crippen LogP contribution in [0.3, 0.4) is 0 Å². The lowest BCUT2D eigenvalue weighted by Gasteiger charge is -2.26. The number of rotatable bonds is 3. The largest absolute Gasteiger partial charge is 0.480 e.